The minimum Gasteiger partial charge on any atom is -0.480 e. The molecule has 4 amide bonds. The lowest BCUT2D eigenvalue weighted by molar-refractivity contribution is -0.143. The van der Waals surface area contributed by atoms with Crippen molar-refractivity contribution in [2.75, 3.05) is 0 Å². The van der Waals surface area contributed by atoms with Crippen molar-refractivity contribution in [3.05, 3.63) is 36.4 Å². The standard InChI is InChI=1S/C19H27N9O6/c1-9(16(30)28-14(19(33)34)4-15(21)29)26-18(32)13(3-11-6-23-8-25-11)27-17(31)12(20)2-10-5-22-7-24-10/h5-9,12-14H,2-4,20H2,1H3,(H2,21,29)(H,22,24)(H,23,25)(H,26,32)(H,27,31)(H,28,30)(H,33,34). The largest absolute Gasteiger partial charge is 0.480 e. The van der Waals surface area contributed by atoms with Crippen LogP contribution in [0.3, 0.4) is 0 Å². The maximum absolute atomic E-state index is 12.9. The van der Waals surface area contributed by atoms with Gasteiger partial charge < -0.3 is 42.5 Å². The minimum atomic E-state index is -1.55. The Labute approximate surface area is 193 Å². The highest BCUT2D eigenvalue weighted by Gasteiger charge is 2.29. The van der Waals surface area contributed by atoms with Crippen molar-refractivity contribution in [1.82, 2.24) is 35.9 Å². The lowest BCUT2D eigenvalue weighted by atomic mass is 10.1. The van der Waals surface area contributed by atoms with E-state index in [2.05, 4.69) is 35.9 Å². The molecule has 0 spiro atoms. The van der Waals surface area contributed by atoms with Crippen LogP contribution < -0.4 is 27.4 Å². The van der Waals surface area contributed by atoms with E-state index in [1.165, 1.54) is 32.0 Å². The number of H-pyrrole nitrogens is 2. The second kappa shape index (κ2) is 12.1. The number of aromatic amines is 2. The smallest absolute Gasteiger partial charge is 0.326 e. The number of primary amides is 1. The third-order valence-corrected chi connectivity index (χ3v) is 4.72. The Bertz CT molecular complexity index is 992. The lowest BCUT2D eigenvalue weighted by Crippen LogP contribution is -2.57. The Balaban J connectivity index is 2.04. The van der Waals surface area contributed by atoms with Crippen LogP contribution in [0, 0.1) is 0 Å². The second-order valence-electron chi connectivity index (χ2n) is 7.53. The first-order chi connectivity index (χ1) is 16.1. The van der Waals surface area contributed by atoms with Crippen molar-refractivity contribution in [3.63, 3.8) is 0 Å². The van der Waals surface area contributed by atoms with E-state index in [1.807, 2.05) is 0 Å². The molecule has 2 heterocycles. The molecule has 15 heteroatoms. The van der Waals surface area contributed by atoms with Crippen LogP contribution in [0.2, 0.25) is 0 Å². The number of carbonyl (C=O) groups excluding carboxylic acids is 4. The number of hydrogen-bond acceptors (Lipinski definition) is 8. The summed E-state index contributed by atoms with van der Waals surface area (Å²) >= 11 is 0. The molecular formula is C19H27N9O6. The van der Waals surface area contributed by atoms with Gasteiger partial charge in [0.2, 0.25) is 23.6 Å². The van der Waals surface area contributed by atoms with E-state index < -0.39 is 60.2 Å². The molecule has 2 aromatic rings. The van der Waals surface area contributed by atoms with Gasteiger partial charge in [-0.1, -0.05) is 0 Å². The normalized spacial score (nSPS) is 14.3. The SMILES string of the molecule is CC(NC(=O)C(Cc1cnc[nH]1)NC(=O)C(N)Cc1cnc[nH]1)C(=O)NC(CC(N)=O)C(=O)O. The number of nitrogens with two attached hydrogens (primary N) is 2. The number of hydrogen-bond donors (Lipinski definition) is 8. The van der Waals surface area contributed by atoms with Crippen LogP contribution in [0.1, 0.15) is 24.7 Å². The zero-order chi connectivity index (χ0) is 25.3. The zero-order valence-electron chi connectivity index (χ0n) is 18.3. The van der Waals surface area contributed by atoms with Gasteiger partial charge >= 0.3 is 5.97 Å². The fourth-order valence-electron chi connectivity index (χ4n) is 2.91. The van der Waals surface area contributed by atoms with Gasteiger partial charge in [0.1, 0.15) is 18.1 Å². The predicted molar refractivity (Wildman–Crippen MR) is 115 cm³/mol. The molecule has 2 aromatic heterocycles. The monoisotopic (exact) mass is 477 g/mol. The van der Waals surface area contributed by atoms with Gasteiger partial charge in [-0.2, -0.15) is 0 Å². The average Bonchev–Trinajstić information content (AvgIpc) is 3.46. The van der Waals surface area contributed by atoms with Crippen molar-refractivity contribution in [3.8, 4) is 0 Å². The van der Waals surface area contributed by atoms with Gasteiger partial charge in [-0.15, -0.1) is 0 Å². The summed E-state index contributed by atoms with van der Waals surface area (Å²) in [5.74, 6) is -4.57. The van der Waals surface area contributed by atoms with Crippen molar-refractivity contribution >= 4 is 29.6 Å². The van der Waals surface area contributed by atoms with Gasteiger partial charge in [-0.05, 0) is 6.92 Å². The molecule has 0 saturated heterocycles. The Kier molecular flexibility index (Phi) is 9.25. The topological polar surface area (TPSA) is 251 Å². The van der Waals surface area contributed by atoms with Crippen LogP contribution >= 0.6 is 0 Å². The molecule has 0 aliphatic carbocycles. The number of nitrogens with zero attached hydrogens (tertiary/aromatic N) is 2. The van der Waals surface area contributed by atoms with E-state index in [0.29, 0.717) is 11.4 Å². The van der Waals surface area contributed by atoms with E-state index in [0.717, 1.165) is 0 Å². The molecule has 0 aromatic carbocycles. The van der Waals surface area contributed by atoms with Crippen molar-refractivity contribution in [2.24, 2.45) is 11.5 Å². The van der Waals surface area contributed by atoms with Crippen LogP contribution in [-0.2, 0) is 36.8 Å². The van der Waals surface area contributed by atoms with Gasteiger partial charge in [-0.25, -0.2) is 14.8 Å². The fraction of sp³-hybridized carbons (Fsp3) is 0.421. The molecule has 0 bridgehead atoms. The molecular weight excluding hydrogens is 450 g/mol. The van der Waals surface area contributed by atoms with E-state index >= 15 is 0 Å². The first-order valence-electron chi connectivity index (χ1n) is 10.2. The van der Waals surface area contributed by atoms with Crippen molar-refractivity contribution in [2.45, 2.75) is 50.4 Å². The quantitative estimate of drug-likeness (QED) is 0.143. The molecule has 4 unspecified atom stereocenters. The molecule has 4 atom stereocenters. The molecule has 0 fully saturated rings. The van der Waals surface area contributed by atoms with Gasteiger partial charge in [0.25, 0.3) is 0 Å². The van der Waals surface area contributed by atoms with Gasteiger partial charge in [0, 0.05) is 36.6 Å². The van der Waals surface area contributed by atoms with E-state index in [-0.39, 0.29) is 12.8 Å². The van der Waals surface area contributed by atoms with Crippen LogP contribution in [-0.4, -0.2) is 78.8 Å². The first-order valence-corrected chi connectivity index (χ1v) is 10.2. The average molecular weight is 477 g/mol. The lowest BCUT2D eigenvalue weighted by Gasteiger charge is -2.23. The number of aromatic nitrogens is 4. The molecule has 10 N–H and O–H groups in total. The molecule has 2 rings (SSSR count). The maximum Gasteiger partial charge on any atom is 0.326 e. The summed E-state index contributed by atoms with van der Waals surface area (Å²) in [5, 5.41) is 16.2. The molecule has 0 aliphatic heterocycles. The molecule has 0 aliphatic rings. The number of rotatable bonds is 13. The number of carboxylic acids is 1. The third kappa shape index (κ3) is 8.01. The van der Waals surface area contributed by atoms with Crippen LogP contribution in [0.25, 0.3) is 0 Å². The summed E-state index contributed by atoms with van der Waals surface area (Å²) in [7, 11) is 0. The number of imidazole rings is 2. The Hall–Kier alpha value is -4.27. The van der Waals surface area contributed by atoms with E-state index in [4.69, 9.17) is 16.6 Å². The fourth-order valence-corrected chi connectivity index (χ4v) is 2.91. The Morgan fingerprint density at radius 3 is 1.97 bits per heavy atom. The summed E-state index contributed by atoms with van der Waals surface area (Å²) in [5.41, 5.74) is 12.1. The summed E-state index contributed by atoms with van der Waals surface area (Å²) in [6.45, 7) is 1.31. The number of nitrogens with one attached hydrogen (secondary N) is 5. The van der Waals surface area contributed by atoms with E-state index in [1.54, 1.807) is 0 Å². The van der Waals surface area contributed by atoms with Crippen molar-refractivity contribution in [1.29, 1.82) is 0 Å². The number of amides is 4. The Morgan fingerprint density at radius 1 is 0.912 bits per heavy atom. The number of aliphatic carboxylic acids is 1. The number of carboxylic acid groups (broad SMARTS) is 1. The summed E-state index contributed by atoms with van der Waals surface area (Å²) in [4.78, 5) is 73.4. The molecule has 0 saturated carbocycles. The molecule has 0 radical (unpaired) electrons. The summed E-state index contributed by atoms with van der Waals surface area (Å²) < 4.78 is 0. The third-order valence-electron chi connectivity index (χ3n) is 4.72. The molecule has 184 valence electrons. The van der Waals surface area contributed by atoms with Crippen LogP contribution in [0.4, 0.5) is 0 Å². The Morgan fingerprint density at radius 2 is 1.47 bits per heavy atom. The highest BCUT2D eigenvalue weighted by Crippen LogP contribution is 2.03. The minimum absolute atomic E-state index is 0.0160. The van der Waals surface area contributed by atoms with Gasteiger partial charge in [0.15, 0.2) is 0 Å². The molecule has 34 heavy (non-hydrogen) atoms. The zero-order valence-corrected chi connectivity index (χ0v) is 18.3. The van der Waals surface area contributed by atoms with Crippen LogP contribution in [0.15, 0.2) is 25.0 Å². The maximum atomic E-state index is 12.9. The predicted octanol–water partition coefficient (Wildman–Crippen LogP) is -3.32. The highest BCUT2D eigenvalue weighted by molar-refractivity contribution is 5.94. The summed E-state index contributed by atoms with van der Waals surface area (Å²) in [6.07, 6.45) is 5.38. The second-order valence-corrected chi connectivity index (χ2v) is 7.53. The van der Waals surface area contributed by atoms with Crippen LogP contribution in [0.5, 0.6) is 0 Å². The highest BCUT2D eigenvalue weighted by atomic mass is 16.4. The van der Waals surface area contributed by atoms with E-state index in [9.17, 15) is 24.0 Å². The first kappa shape index (κ1) is 26.0. The van der Waals surface area contributed by atoms with Gasteiger partial charge in [-0.3, -0.25) is 19.2 Å². The molecule has 15 nitrogen and oxygen atoms in total. The summed E-state index contributed by atoms with van der Waals surface area (Å²) in [6, 6.07) is -4.85. The van der Waals surface area contributed by atoms with Crippen molar-refractivity contribution < 1.29 is 29.1 Å². The van der Waals surface area contributed by atoms with Gasteiger partial charge in [0.05, 0.1) is 25.1 Å². The number of carbonyl (C=O) groups is 5.